The summed E-state index contributed by atoms with van der Waals surface area (Å²) in [6, 6.07) is 4.13. The van der Waals surface area contributed by atoms with E-state index in [2.05, 4.69) is 24.1 Å². The van der Waals surface area contributed by atoms with Crippen LogP contribution in [0.1, 0.15) is 38.7 Å². The molecule has 2 atom stereocenters. The minimum Gasteiger partial charge on any atom is -0.308 e. The van der Waals surface area contributed by atoms with Crippen molar-refractivity contribution >= 4 is 0 Å². The fraction of sp³-hybridized carbons (Fsp3) is 0.647. The van der Waals surface area contributed by atoms with Crippen LogP contribution >= 0.6 is 0 Å². The summed E-state index contributed by atoms with van der Waals surface area (Å²) in [7, 11) is 0. The third-order valence-corrected chi connectivity index (χ3v) is 5.12. The van der Waals surface area contributed by atoms with Gasteiger partial charge >= 0.3 is 0 Å². The molecule has 2 aliphatic rings. The zero-order valence-electron chi connectivity index (χ0n) is 12.8. The van der Waals surface area contributed by atoms with Gasteiger partial charge in [-0.1, -0.05) is 6.92 Å². The normalized spacial score (nSPS) is 30.6. The Balaban J connectivity index is 1.78. The second-order valence-corrected chi connectivity index (χ2v) is 6.78. The highest BCUT2D eigenvalue weighted by Gasteiger charge is 2.45. The van der Waals surface area contributed by atoms with Crippen molar-refractivity contribution in [3.63, 3.8) is 0 Å². The zero-order chi connectivity index (χ0) is 15.0. The van der Waals surface area contributed by atoms with Crippen LogP contribution < -0.4 is 5.32 Å². The second-order valence-electron chi connectivity index (χ2n) is 6.78. The second kappa shape index (κ2) is 5.65. The van der Waals surface area contributed by atoms with Gasteiger partial charge in [-0.25, -0.2) is 8.78 Å². The molecule has 21 heavy (non-hydrogen) atoms. The molecule has 1 saturated heterocycles. The maximum atomic E-state index is 13.9. The fourth-order valence-electron chi connectivity index (χ4n) is 3.55. The fourth-order valence-corrected chi connectivity index (χ4v) is 3.55. The smallest absolute Gasteiger partial charge is 0.127 e. The van der Waals surface area contributed by atoms with E-state index in [4.69, 9.17) is 0 Å². The highest BCUT2D eigenvalue weighted by Crippen LogP contribution is 2.41. The summed E-state index contributed by atoms with van der Waals surface area (Å²) in [4.78, 5) is 2.33. The summed E-state index contributed by atoms with van der Waals surface area (Å²) in [5.41, 5.74) is 0.587. The summed E-state index contributed by atoms with van der Waals surface area (Å²) < 4.78 is 27.3. The number of halogens is 2. The van der Waals surface area contributed by atoms with Crippen LogP contribution in [0.5, 0.6) is 0 Å². The molecule has 1 aliphatic heterocycles. The monoisotopic (exact) mass is 294 g/mol. The maximum absolute atomic E-state index is 13.9. The number of piperazine rings is 1. The predicted molar refractivity (Wildman–Crippen MR) is 80.0 cm³/mol. The number of nitrogens with zero attached hydrogens (tertiary/aromatic N) is 1. The van der Waals surface area contributed by atoms with Crippen LogP contribution in [0.25, 0.3) is 0 Å². The van der Waals surface area contributed by atoms with E-state index in [0.29, 0.717) is 18.2 Å². The van der Waals surface area contributed by atoms with Gasteiger partial charge < -0.3 is 5.32 Å². The molecule has 4 heteroatoms. The predicted octanol–water partition coefficient (Wildman–Crippen LogP) is 3.32. The van der Waals surface area contributed by atoms with Crippen LogP contribution in [0.2, 0.25) is 0 Å². The molecule has 2 nitrogen and oxygen atoms in total. The lowest BCUT2D eigenvalue weighted by Crippen LogP contribution is -2.63. The van der Waals surface area contributed by atoms with Crippen molar-refractivity contribution in [3.8, 4) is 0 Å². The van der Waals surface area contributed by atoms with Crippen LogP contribution in [-0.4, -0.2) is 29.6 Å². The first-order valence-electron chi connectivity index (χ1n) is 7.95. The lowest BCUT2D eigenvalue weighted by Gasteiger charge is -2.46. The molecule has 1 aromatic rings. The number of nitrogens with one attached hydrogen (secondary N) is 1. The Labute approximate surface area is 125 Å². The van der Waals surface area contributed by atoms with E-state index in [1.165, 1.54) is 31.0 Å². The van der Waals surface area contributed by atoms with E-state index in [9.17, 15) is 8.78 Å². The van der Waals surface area contributed by atoms with Gasteiger partial charge in [-0.2, -0.15) is 0 Å². The molecule has 0 aromatic heterocycles. The molecule has 1 N–H and O–H groups in total. The number of hydrogen-bond acceptors (Lipinski definition) is 2. The number of rotatable bonds is 4. The molecular formula is C17H24F2N2. The Kier molecular flexibility index (Phi) is 4.02. The van der Waals surface area contributed by atoms with Crippen molar-refractivity contribution in [2.24, 2.45) is 5.92 Å². The summed E-state index contributed by atoms with van der Waals surface area (Å²) in [5, 5.41) is 3.69. The Hall–Kier alpha value is -1.00. The first-order chi connectivity index (χ1) is 10.0. The molecule has 1 saturated carbocycles. The van der Waals surface area contributed by atoms with Crippen LogP contribution in [0.4, 0.5) is 8.78 Å². The van der Waals surface area contributed by atoms with Crippen molar-refractivity contribution in [1.29, 1.82) is 0 Å². The van der Waals surface area contributed by atoms with Gasteiger partial charge in [0.1, 0.15) is 11.6 Å². The molecule has 0 amide bonds. The SMILES string of the molecule is CCC1CNC(C)(C2CC2)CN1Cc1cc(F)ccc1F. The minimum absolute atomic E-state index is 0.121. The van der Waals surface area contributed by atoms with Gasteiger partial charge in [0.05, 0.1) is 0 Å². The van der Waals surface area contributed by atoms with Crippen molar-refractivity contribution in [3.05, 3.63) is 35.4 Å². The van der Waals surface area contributed by atoms with Crippen molar-refractivity contribution in [2.75, 3.05) is 13.1 Å². The Bertz CT molecular complexity index is 516. The van der Waals surface area contributed by atoms with Crippen molar-refractivity contribution in [2.45, 2.75) is 51.2 Å². The third-order valence-electron chi connectivity index (χ3n) is 5.12. The molecule has 2 fully saturated rings. The molecule has 1 aliphatic carbocycles. The highest BCUT2D eigenvalue weighted by atomic mass is 19.1. The summed E-state index contributed by atoms with van der Waals surface area (Å²) in [6.07, 6.45) is 3.58. The number of hydrogen-bond donors (Lipinski definition) is 1. The summed E-state index contributed by atoms with van der Waals surface area (Å²) in [5.74, 6) is 0.0626. The van der Waals surface area contributed by atoms with E-state index in [0.717, 1.165) is 25.4 Å². The van der Waals surface area contributed by atoms with E-state index < -0.39 is 0 Å². The summed E-state index contributed by atoms with van der Waals surface area (Å²) >= 11 is 0. The van der Waals surface area contributed by atoms with E-state index in [-0.39, 0.29) is 17.2 Å². The van der Waals surface area contributed by atoms with Gasteiger partial charge in [-0.15, -0.1) is 0 Å². The lowest BCUT2D eigenvalue weighted by atomic mass is 9.90. The first kappa shape index (κ1) is 14.9. The van der Waals surface area contributed by atoms with Crippen LogP contribution in [0, 0.1) is 17.6 Å². The van der Waals surface area contributed by atoms with Crippen molar-refractivity contribution < 1.29 is 8.78 Å². The van der Waals surface area contributed by atoms with Crippen LogP contribution in [0.15, 0.2) is 18.2 Å². The first-order valence-corrected chi connectivity index (χ1v) is 7.95. The van der Waals surface area contributed by atoms with E-state index in [1.54, 1.807) is 0 Å². The lowest BCUT2D eigenvalue weighted by molar-refractivity contribution is 0.0656. The topological polar surface area (TPSA) is 15.3 Å². The van der Waals surface area contributed by atoms with Gasteiger partial charge in [0, 0.05) is 36.8 Å². The van der Waals surface area contributed by atoms with E-state index in [1.807, 2.05) is 0 Å². The third kappa shape index (κ3) is 3.11. The molecule has 0 spiro atoms. The maximum Gasteiger partial charge on any atom is 0.127 e. The largest absolute Gasteiger partial charge is 0.308 e. The van der Waals surface area contributed by atoms with Gasteiger partial charge in [0.15, 0.2) is 0 Å². The summed E-state index contributed by atoms with van der Waals surface area (Å²) in [6.45, 7) is 6.76. The van der Waals surface area contributed by atoms with Gasteiger partial charge in [0.2, 0.25) is 0 Å². The molecule has 116 valence electrons. The molecule has 1 aromatic carbocycles. The number of benzene rings is 1. The molecule has 2 unspecified atom stereocenters. The molecule has 3 rings (SSSR count). The molecular weight excluding hydrogens is 270 g/mol. The quantitative estimate of drug-likeness (QED) is 0.916. The Morgan fingerprint density at radius 2 is 2.10 bits per heavy atom. The Morgan fingerprint density at radius 1 is 1.33 bits per heavy atom. The molecule has 0 bridgehead atoms. The molecule has 0 radical (unpaired) electrons. The zero-order valence-corrected chi connectivity index (χ0v) is 12.8. The standard InChI is InChI=1S/C17H24F2N2/c1-3-15-9-20-17(2,13-4-5-13)11-21(15)10-12-8-14(18)6-7-16(12)19/h6-8,13,15,20H,3-5,9-11H2,1-2H3. The average Bonchev–Trinajstić information content (AvgIpc) is 3.28. The van der Waals surface area contributed by atoms with Crippen molar-refractivity contribution in [1.82, 2.24) is 10.2 Å². The molecule has 1 heterocycles. The Morgan fingerprint density at radius 3 is 2.76 bits per heavy atom. The highest BCUT2D eigenvalue weighted by molar-refractivity contribution is 5.19. The van der Waals surface area contributed by atoms with E-state index >= 15 is 0 Å². The van der Waals surface area contributed by atoms with Gasteiger partial charge in [-0.3, -0.25) is 4.90 Å². The average molecular weight is 294 g/mol. The van der Waals surface area contributed by atoms with Gasteiger partial charge in [0.25, 0.3) is 0 Å². The minimum atomic E-state index is -0.362. The van der Waals surface area contributed by atoms with Crippen LogP contribution in [-0.2, 0) is 6.54 Å². The van der Waals surface area contributed by atoms with Gasteiger partial charge in [-0.05, 0) is 50.3 Å². The van der Waals surface area contributed by atoms with Crippen LogP contribution in [0.3, 0.4) is 0 Å².